The summed E-state index contributed by atoms with van der Waals surface area (Å²) in [6, 6.07) is 17.1. The number of anilines is 2. The van der Waals surface area contributed by atoms with E-state index in [2.05, 4.69) is 16.0 Å². The fourth-order valence-corrected chi connectivity index (χ4v) is 2.71. The molecule has 27 heavy (non-hydrogen) atoms. The van der Waals surface area contributed by atoms with Gasteiger partial charge in [-0.15, -0.1) is 0 Å². The molecule has 0 aliphatic heterocycles. The van der Waals surface area contributed by atoms with Gasteiger partial charge in [-0.1, -0.05) is 44.2 Å². The first-order valence-electron chi connectivity index (χ1n) is 8.97. The summed E-state index contributed by atoms with van der Waals surface area (Å²) in [5, 5.41) is 8.75. The van der Waals surface area contributed by atoms with Gasteiger partial charge in [0.05, 0.1) is 0 Å². The maximum absolute atomic E-state index is 12.1. The molecular formula is C21H25N3O2S. The van der Waals surface area contributed by atoms with Crippen molar-refractivity contribution in [3.8, 4) is 0 Å². The lowest BCUT2D eigenvalue weighted by Gasteiger charge is -2.11. The summed E-state index contributed by atoms with van der Waals surface area (Å²) in [7, 11) is 0. The number of nitrogens with one attached hydrogen (secondary N) is 3. The highest BCUT2D eigenvalue weighted by Crippen LogP contribution is 2.14. The van der Waals surface area contributed by atoms with Crippen LogP contribution in [0.25, 0.3) is 0 Å². The summed E-state index contributed by atoms with van der Waals surface area (Å²) in [4.78, 5) is 23.8. The van der Waals surface area contributed by atoms with Crippen LogP contribution in [0.2, 0.25) is 0 Å². The van der Waals surface area contributed by atoms with Gasteiger partial charge in [0.25, 0.3) is 0 Å². The molecule has 2 aromatic rings. The Hall–Kier alpha value is -2.73. The number of benzene rings is 2. The summed E-state index contributed by atoms with van der Waals surface area (Å²) < 4.78 is 0. The minimum Gasteiger partial charge on any atom is -0.332 e. The number of hydrogen-bond donors (Lipinski definition) is 3. The zero-order valence-electron chi connectivity index (χ0n) is 15.6. The molecule has 0 aromatic heterocycles. The molecule has 0 unspecified atom stereocenters. The zero-order valence-corrected chi connectivity index (χ0v) is 16.4. The number of rotatable bonds is 7. The molecule has 0 saturated carbocycles. The van der Waals surface area contributed by atoms with Crippen LogP contribution in [0.3, 0.4) is 0 Å². The summed E-state index contributed by atoms with van der Waals surface area (Å²) in [5.74, 6) is 0.137. The Labute approximate surface area is 165 Å². The number of hydrogen-bond acceptors (Lipinski definition) is 3. The normalized spacial score (nSPS) is 10.3. The smallest absolute Gasteiger partial charge is 0.226 e. The molecule has 3 N–H and O–H groups in total. The molecule has 0 bridgehead atoms. The molecule has 6 heteroatoms. The second-order valence-corrected chi connectivity index (χ2v) is 7.12. The van der Waals surface area contributed by atoms with Crippen molar-refractivity contribution in [2.45, 2.75) is 33.1 Å². The fourth-order valence-electron chi connectivity index (χ4n) is 2.47. The van der Waals surface area contributed by atoms with Gasteiger partial charge < -0.3 is 16.0 Å². The number of aryl methyl sites for hydroxylation is 1. The van der Waals surface area contributed by atoms with Crippen LogP contribution in [0.1, 0.15) is 32.3 Å². The van der Waals surface area contributed by atoms with Crippen molar-refractivity contribution < 1.29 is 9.59 Å². The Morgan fingerprint density at radius 2 is 1.48 bits per heavy atom. The van der Waals surface area contributed by atoms with E-state index in [-0.39, 0.29) is 22.8 Å². The SMILES string of the molecule is CC(C)CC(=O)NC(=S)Nc1ccc(NC(=O)CCc2ccccc2)cc1. The van der Waals surface area contributed by atoms with Gasteiger partial charge in [0.1, 0.15) is 0 Å². The maximum atomic E-state index is 12.1. The molecule has 2 aromatic carbocycles. The Kier molecular flexibility index (Phi) is 7.95. The van der Waals surface area contributed by atoms with E-state index in [9.17, 15) is 9.59 Å². The van der Waals surface area contributed by atoms with E-state index in [1.807, 2.05) is 44.2 Å². The summed E-state index contributed by atoms with van der Waals surface area (Å²) in [5.41, 5.74) is 2.60. The summed E-state index contributed by atoms with van der Waals surface area (Å²) >= 11 is 5.14. The highest BCUT2D eigenvalue weighted by molar-refractivity contribution is 7.80. The number of carbonyl (C=O) groups is 2. The van der Waals surface area contributed by atoms with Crippen molar-refractivity contribution in [2.24, 2.45) is 5.92 Å². The fraction of sp³-hybridized carbons (Fsp3) is 0.286. The van der Waals surface area contributed by atoms with Crippen molar-refractivity contribution in [1.29, 1.82) is 0 Å². The van der Waals surface area contributed by atoms with Crippen LogP contribution < -0.4 is 16.0 Å². The highest BCUT2D eigenvalue weighted by Gasteiger charge is 2.07. The standard InChI is InChI=1S/C21H25N3O2S/c1-15(2)14-20(26)24-21(27)23-18-11-9-17(10-12-18)22-19(25)13-8-16-6-4-3-5-7-16/h3-7,9-12,15H,8,13-14H2,1-2H3,(H,22,25)(H2,23,24,26,27). The average Bonchev–Trinajstić information content (AvgIpc) is 2.61. The number of carbonyl (C=O) groups excluding carboxylic acids is 2. The molecule has 0 atom stereocenters. The Morgan fingerprint density at radius 3 is 2.07 bits per heavy atom. The molecule has 0 aliphatic rings. The van der Waals surface area contributed by atoms with Gasteiger partial charge in [0, 0.05) is 24.2 Å². The molecule has 0 heterocycles. The van der Waals surface area contributed by atoms with Crippen molar-refractivity contribution in [1.82, 2.24) is 5.32 Å². The van der Waals surface area contributed by atoms with Crippen molar-refractivity contribution in [3.05, 3.63) is 60.2 Å². The van der Waals surface area contributed by atoms with Crippen molar-refractivity contribution in [3.63, 3.8) is 0 Å². The van der Waals surface area contributed by atoms with E-state index in [0.29, 0.717) is 24.9 Å². The molecule has 2 rings (SSSR count). The van der Waals surface area contributed by atoms with Crippen LogP contribution in [0.15, 0.2) is 54.6 Å². The molecular weight excluding hydrogens is 358 g/mol. The maximum Gasteiger partial charge on any atom is 0.226 e. The minimum absolute atomic E-state index is 0.0315. The van der Waals surface area contributed by atoms with Gasteiger partial charge in [-0.3, -0.25) is 9.59 Å². The first-order chi connectivity index (χ1) is 12.9. The molecule has 142 valence electrons. The first kappa shape index (κ1) is 20.6. The van der Waals surface area contributed by atoms with Crippen LogP contribution >= 0.6 is 12.2 Å². The molecule has 0 radical (unpaired) electrons. The van der Waals surface area contributed by atoms with Crippen molar-refractivity contribution >= 4 is 40.5 Å². The van der Waals surface area contributed by atoms with Crippen molar-refractivity contribution in [2.75, 3.05) is 10.6 Å². The molecule has 0 saturated heterocycles. The number of amides is 2. The third-order valence-electron chi connectivity index (χ3n) is 3.76. The molecule has 2 amide bonds. The summed E-state index contributed by atoms with van der Waals surface area (Å²) in [6.45, 7) is 3.95. The third kappa shape index (κ3) is 8.00. The van der Waals surface area contributed by atoms with Gasteiger partial charge >= 0.3 is 0 Å². The van der Waals surface area contributed by atoms with Crippen LogP contribution in [-0.4, -0.2) is 16.9 Å². The Morgan fingerprint density at radius 1 is 0.889 bits per heavy atom. The zero-order chi connectivity index (χ0) is 19.6. The lowest BCUT2D eigenvalue weighted by atomic mass is 10.1. The van der Waals surface area contributed by atoms with Crippen LogP contribution in [0.5, 0.6) is 0 Å². The third-order valence-corrected chi connectivity index (χ3v) is 3.96. The Balaban J connectivity index is 1.78. The predicted molar refractivity (Wildman–Crippen MR) is 114 cm³/mol. The van der Waals surface area contributed by atoms with Gasteiger partial charge in [0.2, 0.25) is 11.8 Å². The quantitative estimate of drug-likeness (QED) is 0.629. The van der Waals surface area contributed by atoms with Gasteiger partial charge in [-0.05, 0) is 54.4 Å². The molecule has 0 aliphatic carbocycles. The predicted octanol–water partition coefficient (Wildman–Crippen LogP) is 4.12. The van der Waals surface area contributed by atoms with Gasteiger partial charge in [-0.25, -0.2) is 0 Å². The van der Waals surface area contributed by atoms with Crippen LogP contribution in [0, 0.1) is 5.92 Å². The second kappa shape index (κ2) is 10.4. The lowest BCUT2D eigenvalue weighted by Crippen LogP contribution is -2.34. The van der Waals surface area contributed by atoms with Crippen LogP contribution in [-0.2, 0) is 16.0 Å². The largest absolute Gasteiger partial charge is 0.332 e. The lowest BCUT2D eigenvalue weighted by molar-refractivity contribution is -0.120. The minimum atomic E-state index is -0.107. The van der Waals surface area contributed by atoms with E-state index in [1.165, 1.54) is 0 Å². The van der Waals surface area contributed by atoms with E-state index in [0.717, 1.165) is 11.3 Å². The first-order valence-corrected chi connectivity index (χ1v) is 9.38. The highest BCUT2D eigenvalue weighted by atomic mass is 32.1. The molecule has 0 spiro atoms. The average molecular weight is 384 g/mol. The van der Waals surface area contributed by atoms with Gasteiger partial charge in [-0.2, -0.15) is 0 Å². The van der Waals surface area contributed by atoms with E-state index in [4.69, 9.17) is 12.2 Å². The van der Waals surface area contributed by atoms with E-state index in [1.54, 1.807) is 24.3 Å². The second-order valence-electron chi connectivity index (χ2n) is 6.71. The molecule has 5 nitrogen and oxygen atoms in total. The van der Waals surface area contributed by atoms with Gasteiger partial charge in [0.15, 0.2) is 5.11 Å². The number of thiocarbonyl (C=S) groups is 1. The monoisotopic (exact) mass is 383 g/mol. The van der Waals surface area contributed by atoms with Crippen LogP contribution in [0.4, 0.5) is 11.4 Å². The van der Waals surface area contributed by atoms with E-state index >= 15 is 0 Å². The molecule has 0 fully saturated rings. The Bertz CT molecular complexity index is 774. The summed E-state index contributed by atoms with van der Waals surface area (Å²) in [6.07, 6.45) is 1.56. The topological polar surface area (TPSA) is 70.2 Å². The van der Waals surface area contributed by atoms with E-state index < -0.39 is 0 Å².